The van der Waals surface area contributed by atoms with Crippen LogP contribution >= 0.6 is 0 Å². The molecule has 0 saturated carbocycles. The summed E-state index contributed by atoms with van der Waals surface area (Å²) >= 11 is 0. The minimum Gasteiger partial charge on any atom is -0.497 e. The van der Waals surface area contributed by atoms with Crippen molar-refractivity contribution in [3.8, 4) is 40.0 Å². The Kier molecular flexibility index (Phi) is 4.81. The van der Waals surface area contributed by atoms with E-state index in [4.69, 9.17) is 9.26 Å². The molecule has 0 fully saturated rings. The maximum atomic E-state index is 13.8. The van der Waals surface area contributed by atoms with Gasteiger partial charge in [-0.2, -0.15) is 23.3 Å². The molecule has 0 amide bonds. The van der Waals surface area contributed by atoms with Crippen molar-refractivity contribution in [1.29, 1.82) is 0 Å². The minimum absolute atomic E-state index is 0.0146. The van der Waals surface area contributed by atoms with Crippen LogP contribution in [0.15, 0.2) is 65.2 Å². The van der Waals surface area contributed by atoms with Crippen molar-refractivity contribution in [2.75, 3.05) is 7.11 Å². The smallest absolute Gasteiger partial charge is 0.433 e. The Hall–Kier alpha value is -4.28. The van der Waals surface area contributed by atoms with Gasteiger partial charge in [-0.05, 0) is 54.6 Å². The third kappa shape index (κ3) is 3.88. The van der Waals surface area contributed by atoms with E-state index in [9.17, 15) is 17.6 Å². The first kappa shape index (κ1) is 20.6. The molecular formula is C22H13F4N5O2. The lowest BCUT2D eigenvalue weighted by molar-refractivity contribution is -0.142. The van der Waals surface area contributed by atoms with Crippen LogP contribution in [-0.4, -0.2) is 31.8 Å². The Bertz CT molecular complexity index is 1440. The van der Waals surface area contributed by atoms with E-state index in [1.807, 2.05) is 0 Å². The van der Waals surface area contributed by atoms with Crippen LogP contribution in [0.25, 0.3) is 39.9 Å². The number of rotatable bonds is 4. The summed E-state index contributed by atoms with van der Waals surface area (Å²) in [5.41, 5.74) is 0.0196. The second-order valence-electron chi connectivity index (χ2n) is 6.98. The summed E-state index contributed by atoms with van der Waals surface area (Å²) in [5, 5.41) is 7.79. The largest absolute Gasteiger partial charge is 0.497 e. The lowest BCUT2D eigenvalue weighted by Gasteiger charge is -2.11. The van der Waals surface area contributed by atoms with Gasteiger partial charge in [0, 0.05) is 17.2 Å². The van der Waals surface area contributed by atoms with Crippen molar-refractivity contribution in [2.24, 2.45) is 0 Å². The van der Waals surface area contributed by atoms with E-state index in [2.05, 4.69) is 20.2 Å². The number of halogens is 4. The molecule has 3 heterocycles. The van der Waals surface area contributed by atoms with E-state index in [-0.39, 0.29) is 28.8 Å². The molecule has 0 unspecified atom stereocenters. The van der Waals surface area contributed by atoms with Crippen LogP contribution in [0.3, 0.4) is 0 Å². The van der Waals surface area contributed by atoms with Crippen molar-refractivity contribution < 1.29 is 26.8 Å². The molecule has 3 aromatic heterocycles. The van der Waals surface area contributed by atoms with Gasteiger partial charge in [-0.3, -0.25) is 0 Å². The van der Waals surface area contributed by atoms with Gasteiger partial charge in [-0.25, -0.2) is 13.9 Å². The highest BCUT2D eigenvalue weighted by atomic mass is 19.4. The Morgan fingerprint density at radius 1 is 0.879 bits per heavy atom. The van der Waals surface area contributed by atoms with Gasteiger partial charge in [-0.15, -0.1) is 0 Å². The lowest BCUT2D eigenvalue weighted by atomic mass is 10.1. The first-order valence-corrected chi connectivity index (χ1v) is 9.54. The molecule has 5 rings (SSSR count). The van der Waals surface area contributed by atoms with Crippen LogP contribution in [0.1, 0.15) is 5.69 Å². The number of nitrogens with zero attached hydrogens (tertiary/aromatic N) is 5. The van der Waals surface area contributed by atoms with E-state index in [0.717, 1.165) is 6.07 Å². The molecule has 0 saturated heterocycles. The van der Waals surface area contributed by atoms with E-state index < -0.39 is 17.7 Å². The summed E-state index contributed by atoms with van der Waals surface area (Å²) in [4.78, 5) is 8.49. The Morgan fingerprint density at radius 3 is 2.24 bits per heavy atom. The summed E-state index contributed by atoms with van der Waals surface area (Å²) in [6, 6.07) is 14.1. The number of hydrogen-bond acceptors (Lipinski definition) is 6. The van der Waals surface area contributed by atoms with Crippen LogP contribution in [0.4, 0.5) is 17.6 Å². The Morgan fingerprint density at radius 2 is 1.58 bits per heavy atom. The summed E-state index contributed by atoms with van der Waals surface area (Å²) in [5.74, 6) is 0.182. The number of alkyl halides is 3. The summed E-state index contributed by atoms with van der Waals surface area (Å²) in [6.45, 7) is 0. The van der Waals surface area contributed by atoms with Crippen LogP contribution in [-0.2, 0) is 6.18 Å². The molecule has 0 bridgehead atoms. The molecule has 0 aliphatic carbocycles. The zero-order chi connectivity index (χ0) is 23.2. The number of ether oxygens (including phenoxy) is 1. The zero-order valence-corrected chi connectivity index (χ0v) is 16.8. The van der Waals surface area contributed by atoms with Gasteiger partial charge < -0.3 is 9.26 Å². The van der Waals surface area contributed by atoms with Gasteiger partial charge in [0.2, 0.25) is 5.82 Å². The van der Waals surface area contributed by atoms with Crippen molar-refractivity contribution in [2.45, 2.75) is 6.18 Å². The maximum Gasteiger partial charge on any atom is 0.433 e. The fraction of sp³-hybridized carbons (Fsp3) is 0.0909. The molecule has 11 heteroatoms. The van der Waals surface area contributed by atoms with Crippen LogP contribution < -0.4 is 4.74 Å². The van der Waals surface area contributed by atoms with E-state index in [1.54, 1.807) is 24.3 Å². The molecule has 0 radical (unpaired) electrons. The summed E-state index contributed by atoms with van der Waals surface area (Å²) in [7, 11) is 1.49. The fourth-order valence-corrected chi connectivity index (χ4v) is 3.23. The molecule has 33 heavy (non-hydrogen) atoms. The van der Waals surface area contributed by atoms with Gasteiger partial charge in [-0.1, -0.05) is 5.16 Å². The minimum atomic E-state index is -4.69. The van der Waals surface area contributed by atoms with Crippen molar-refractivity contribution in [3.05, 3.63) is 72.2 Å². The average Bonchev–Trinajstić information content (AvgIpc) is 3.45. The van der Waals surface area contributed by atoms with Gasteiger partial charge in [0.25, 0.3) is 5.89 Å². The first-order valence-electron chi connectivity index (χ1n) is 9.54. The van der Waals surface area contributed by atoms with Gasteiger partial charge in [0.15, 0.2) is 17.0 Å². The molecule has 5 aromatic rings. The summed E-state index contributed by atoms with van der Waals surface area (Å²) < 4.78 is 65.5. The average molecular weight is 455 g/mol. The highest BCUT2D eigenvalue weighted by Crippen LogP contribution is 2.33. The maximum absolute atomic E-state index is 13.8. The number of benzene rings is 2. The van der Waals surface area contributed by atoms with Crippen molar-refractivity contribution in [1.82, 2.24) is 24.7 Å². The van der Waals surface area contributed by atoms with Gasteiger partial charge >= 0.3 is 6.18 Å². The van der Waals surface area contributed by atoms with Crippen LogP contribution in [0.2, 0.25) is 0 Å². The van der Waals surface area contributed by atoms with E-state index >= 15 is 0 Å². The number of methoxy groups -OCH3 is 1. The number of aromatic nitrogens is 5. The molecule has 2 aromatic carbocycles. The molecule has 7 nitrogen and oxygen atoms in total. The second kappa shape index (κ2) is 7.69. The first-order chi connectivity index (χ1) is 15.8. The topological polar surface area (TPSA) is 78.3 Å². The number of fused-ring (bicyclic) bond motifs is 1. The molecule has 0 atom stereocenters. The molecule has 0 spiro atoms. The quantitative estimate of drug-likeness (QED) is 0.343. The highest BCUT2D eigenvalue weighted by Gasteiger charge is 2.35. The molecular weight excluding hydrogens is 442 g/mol. The second-order valence-corrected chi connectivity index (χ2v) is 6.98. The molecule has 0 aliphatic rings. The predicted molar refractivity (Wildman–Crippen MR) is 109 cm³/mol. The normalized spacial score (nSPS) is 11.8. The van der Waals surface area contributed by atoms with Gasteiger partial charge in [0.05, 0.1) is 12.8 Å². The lowest BCUT2D eigenvalue weighted by Crippen LogP contribution is -2.13. The third-order valence-corrected chi connectivity index (χ3v) is 4.85. The summed E-state index contributed by atoms with van der Waals surface area (Å²) in [6.07, 6.45) is -4.69. The number of hydrogen-bond donors (Lipinski definition) is 0. The van der Waals surface area contributed by atoms with Gasteiger partial charge in [0.1, 0.15) is 11.6 Å². The van der Waals surface area contributed by atoms with Crippen LogP contribution in [0, 0.1) is 5.82 Å². The monoisotopic (exact) mass is 455 g/mol. The third-order valence-electron chi connectivity index (χ3n) is 4.85. The van der Waals surface area contributed by atoms with Crippen molar-refractivity contribution in [3.63, 3.8) is 0 Å². The standard InChI is InChI=1S/C22H13F4N5O2/c1-32-15-8-4-12(5-9-15)16-10-18(22(24,25)26)31-19(27-16)11-17(29-31)21-28-20(30-33-21)13-2-6-14(23)7-3-13/h2-11H,1H3. The predicted octanol–water partition coefficient (Wildman–Crippen LogP) is 5.28. The van der Waals surface area contributed by atoms with E-state index in [1.165, 1.54) is 37.4 Å². The Balaban J connectivity index is 1.60. The molecule has 0 aliphatic heterocycles. The van der Waals surface area contributed by atoms with Crippen molar-refractivity contribution >= 4 is 5.65 Å². The fourth-order valence-electron chi connectivity index (χ4n) is 3.23. The zero-order valence-electron chi connectivity index (χ0n) is 16.8. The molecule has 0 N–H and O–H groups in total. The Labute approximate surface area is 183 Å². The van der Waals surface area contributed by atoms with E-state index in [0.29, 0.717) is 21.4 Å². The SMILES string of the molecule is COc1ccc(-c2cc(C(F)(F)F)n3nc(-c4nc(-c5ccc(F)cc5)no4)cc3n2)cc1. The highest BCUT2D eigenvalue weighted by molar-refractivity contribution is 5.66. The van der Waals surface area contributed by atoms with Crippen LogP contribution in [0.5, 0.6) is 5.75 Å². The molecule has 166 valence electrons.